The molecule has 0 aliphatic carbocycles. The van der Waals surface area contributed by atoms with Crippen LogP contribution in [0.1, 0.15) is 19.4 Å². The highest BCUT2D eigenvalue weighted by atomic mass is 32.2. The molecule has 8 heteroatoms. The summed E-state index contributed by atoms with van der Waals surface area (Å²) in [6.45, 7) is 3.36. The van der Waals surface area contributed by atoms with Crippen molar-refractivity contribution in [3.05, 3.63) is 29.8 Å². The number of ether oxygens (including phenoxy) is 1. The maximum absolute atomic E-state index is 12.7. The molecule has 1 N–H and O–H groups in total. The van der Waals surface area contributed by atoms with Gasteiger partial charge in [-0.05, 0) is 26.0 Å². The number of β-lactam (4-membered cyclic amide) rings is 1. The van der Waals surface area contributed by atoms with Crippen LogP contribution in [-0.4, -0.2) is 61.6 Å². The third-order valence-corrected chi connectivity index (χ3v) is 6.65. The van der Waals surface area contributed by atoms with Gasteiger partial charge in [-0.1, -0.05) is 12.1 Å². The Bertz CT molecular complexity index is 761. The van der Waals surface area contributed by atoms with Crippen LogP contribution < -0.4 is 0 Å². The van der Waals surface area contributed by atoms with Gasteiger partial charge in [-0.3, -0.25) is 14.0 Å². The number of hydrogen-bond acceptors (Lipinski definition) is 6. The van der Waals surface area contributed by atoms with Crippen LogP contribution in [0.2, 0.25) is 0 Å². The lowest BCUT2D eigenvalue weighted by molar-refractivity contribution is -0.160. The minimum absolute atomic E-state index is 0.0465. The number of esters is 1. The summed E-state index contributed by atoms with van der Waals surface area (Å²) < 4.78 is 16.6. The van der Waals surface area contributed by atoms with E-state index in [4.69, 9.17) is 4.74 Å². The summed E-state index contributed by atoms with van der Waals surface area (Å²) in [5.74, 6) is -0.890. The third kappa shape index (κ3) is 2.24. The van der Waals surface area contributed by atoms with Crippen molar-refractivity contribution in [1.82, 2.24) is 4.90 Å². The Morgan fingerprint density at radius 2 is 2.08 bits per heavy atom. The molecule has 24 heavy (non-hydrogen) atoms. The highest BCUT2D eigenvalue weighted by molar-refractivity contribution is 7.87. The minimum atomic E-state index is -1.46. The topological polar surface area (TPSA) is 96.3 Å². The molecule has 2 fully saturated rings. The number of amides is 1. The fraction of sp³-hybridized carbons (Fsp3) is 0.438. The number of aliphatic imine (C=N–C) groups is 1. The van der Waals surface area contributed by atoms with Gasteiger partial charge in [0.2, 0.25) is 0 Å². The second kappa shape index (κ2) is 5.70. The molecule has 1 amide bonds. The molecule has 0 aromatic heterocycles. The molecular formula is C16H18N2O5S. The third-order valence-electron chi connectivity index (χ3n) is 4.46. The molecule has 3 rings (SSSR count). The van der Waals surface area contributed by atoms with Crippen LogP contribution in [0, 0.1) is 0 Å². The predicted molar refractivity (Wildman–Crippen MR) is 88.1 cm³/mol. The minimum Gasteiger partial charge on any atom is -0.507 e. The Morgan fingerprint density at radius 1 is 1.42 bits per heavy atom. The fourth-order valence-corrected chi connectivity index (χ4v) is 5.03. The molecule has 1 aromatic carbocycles. The van der Waals surface area contributed by atoms with Gasteiger partial charge in [0.1, 0.15) is 17.2 Å². The number of methoxy groups -OCH3 is 1. The summed E-state index contributed by atoms with van der Waals surface area (Å²) in [6, 6.07) is 4.89. The predicted octanol–water partition coefficient (Wildman–Crippen LogP) is 0.430. The number of hydrogen-bond donors (Lipinski definition) is 1. The van der Waals surface area contributed by atoms with E-state index in [1.165, 1.54) is 24.3 Å². The summed E-state index contributed by atoms with van der Waals surface area (Å²) >= 11 is 0. The first kappa shape index (κ1) is 16.6. The smallest absolute Gasteiger partial charge is 0.330 e. The summed E-state index contributed by atoms with van der Waals surface area (Å²) in [7, 11) is -0.217. The molecule has 0 saturated carbocycles. The first-order valence-corrected chi connectivity index (χ1v) is 8.64. The zero-order chi connectivity index (χ0) is 17.6. The van der Waals surface area contributed by atoms with E-state index in [1.807, 2.05) is 0 Å². The van der Waals surface area contributed by atoms with E-state index in [9.17, 15) is 18.9 Å². The van der Waals surface area contributed by atoms with Crippen LogP contribution in [0.4, 0.5) is 0 Å². The molecule has 1 unspecified atom stereocenters. The molecule has 0 spiro atoms. The van der Waals surface area contributed by atoms with E-state index in [1.54, 1.807) is 32.0 Å². The van der Waals surface area contributed by atoms with Gasteiger partial charge >= 0.3 is 5.97 Å². The molecular weight excluding hydrogens is 332 g/mol. The van der Waals surface area contributed by atoms with E-state index < -0.39 is 39.0 Å². The van der Waals surface area contributed by atoms with Crippen LogP contribution in [0.5, 0.6) is 5.75 Å². The van der Waals surface area contributed by atoms with Crippen molar-refractivity contribution in [1.29, 1.82) is 0 Å². The summed E-state index contributed by atoms with van der Waals surface area (Å²) in [5.41, 5.74) is 0.469. The van der Waals surface area contributed by atoms with E-state index in [2.05, 4.69) is 4.99 Å². The van der Waals surface area contributed by atoms with Gasteiger partial charge in [-0.25, -0.2) is 4.79 Å². The van der Waals surface area contributed by atoms with Crippen molar-refractivity contribution in [2.75, 3.05) is 7.11 Å². The molecule has 2 aliphatic rings. The number of rotatable bonds is 3. The lowest BCUT2D eigenvalue weighted by Gasteiger charge is -2.41. The molecule has 2 aliphatic heterocycles. The molecule has 128 valence electrons. The number of phenols is 1. The molecule has 0 radical (unpaired) electrons. The Morgan fingerprint density at radius 3 is 2.71 bits per heavy atom. The maximum atomic E-state index is 12.7. The van der Waals surface area contributed by atoms with Crippen LogP contribution in [0.15, 0.2) is 29.3 Å². The normalized spacial score (nSPS) is 31.0. The van der Waals surface area contributed by atoms with E-state index in [-0.39, 0.29) is 11.7 Å². The van der Waals surface area contributed by atoms with Crippen LogP contribution in [-0.2, 0) is 25.1 Å². The number of phenolic OH excluding ortho intramolecular Hbond substituents is 1. The Balaban J connectivity index is 1.88. The number of nitrogens with zero attached hydrogens (tertiary/aromatic N) is 2. The van der Waals surface area contributed by atoms with Gasteiger partial charge in [0.15, 0.2) is 6.04 Å². The lowest BCUT2D eigenvalue weighted by atomic mass is 9.96. The van der Waals surface area contributed by atoms with Crippen molar-refractivity contribution in [2.45, 2.75) is 36.1 Å². The molecule has 2 heterocycles. The summed E-state index contributed by atoms with van der Waals surface area (Å²) in [4.78, 5) is 30.0. The van der Waals surface area contributed by atoms with Gasteiger partial charge in [0.25, 0.3) is 5.91 Å². The average Bonchev–Trinajstić information content (AvgIpc) is 2.73. The van der Waals surface area contributed by atoms with Crippen molar-refractivity contribution < 1.29 is 23.6 Å². The summed E-state index contributed by atoms with van der Waals surface area (Å²) in [6.07, 6.45) is 1.39. The number of benzene rings is 1. The summed E-state index contributed by atoms with van der Waals surface area (Å²) in [5, 5.41) is 9.09. The highest BCUT2D eigenvalue weighted by Gasteiger charge is 2.68. The van der Waals surface area contributed by atoms with Crippen LogP contribution >= 0.6 is 0 Å². The number of para-hydroxylation sites is 1. The Labute approximate surface area is 141 Å². The van der Waals surface area contributed by atoms with Gasteiger partial charge in [-0.2, -0.15) is 0 Å². The number of carbonyl (C=O) groups excluding carboxylic acids is 2. The molecule has 2 saturated heterocycles. The van der Waals surface area contributed by atoms with Crippen LogP contribution in [0.25, 0.3) is 0 Å². The zero-order valence-electron chi connectivity index (χ0n) is 13.5. The van der Waals surface area contributed by atoms with Gasteiger partial charge in [0.05, 0.1) is 22.7 Å². The highest BCUT2D eigenvalue weighted by Crippen LogP contribution is 2.44. The van der Waals surface area contributed by atoms with Crippen molar-refractivity contribution in [3.63, 3.8) is 0 Å². The van der Waals surface area contributed by atoms with Gasteiger partial charge in [0, 0.05) is 11.8 Å². The van der Waals surface area contributed by atoms with Crippen LogP contribution in [0.3, 0.4) is 0 Å². The fourth-order valence-electron chi connectivity index (χ4n) is 3.12. The molecule has 7 nitrogen and oxygen atoms in total. The van der Waals surface area contributed by atoms with E-state index >= 15 is 0 Å². The monoisotopic (exact) mass is 350 g/mol. The second-order valence-electron chi connectivity index (χ2n) is 6.24. The Hall–Kier alpha value is -2.22. The molecule has 0 bridgehead atoms. The number of aromatic hydroxyl groups is 1. The van der Waals surface area contributed by atoms with Crippen molar-refractivity contribution >= 4 is 28.9 Å². The number of carbonyl (C=O) groups is 2. The quantitative estimate of drug-likeness (QED) is 0.484. The second-order valence-corrected chi connectivity index (χ2v) is 8.37. The van der Waals surface area contributed by atoms with Crippen molar-refractivity contribution in [3.8, 4) is 5.75 Å². The number of fused-ring (bicyclic) bond motifs is 1. The molecule has 1 aromatic rings. The largest absolute Gasteiger partial charge is 0.507 e. The standard InChI is InChI=1S/C16H18N2O5S/c1-16(2)12(15(21)23-3)18-13(20)11(14(18)24(16)22)17-8-9-6-4-5-7-10(9)19/h4-8,11-12,14,19H,1-3H3/t11-,12+,14-,24?/m1/s1. The van der Waals surface area contributed by atoms with E-state index in [0.29, 0.717) is 5.56 Å². The van der Waals surface area contributed by atoms with Gasteiger partial charge in [-0.15, -0.1) is 0 Å². The first-order chi connectivity index (χ1) is 11.3. The van der Waals surface area contributed by atoms with Gasteiger partial charge < -0.3 is 14.7 Å². The zero-order valence-corrected chi connectivity index (χ0v) is 14.3. The van der Waals surface area contributed by atoms with Crippen molar-refractivity contribution in [2.24, 2.45) is 4.99 Å². The lowest BCUT2D eigenvalue weighted by Crippen LogP contribution is -2.65. The Kier molecular flexibility index (Phi) is 3.95. The average molecular weight is 350 g/mol. The SMILES string of the molecule is COC(=O)[C@@H]1N2C(=O)[C@@H](N=Cc3ccccc3O)[C@H]2S(=O)C1(C)C. The maximum Gasteiger partial charge on any atom is 0.330 e. The van der Waals surface area contributed by atoms with E-state index in [0.717, 1.165) is 0 Å². The molecule has 4 atom stereocenters. The first-order valence-electron chi connectivity index (χ1n) is 7.42.